The van der Waals surface area contributed by atoms with Gasteiger partial charge in [-0.05, 0) is 19.8 Å². The number of hydrogen-bond donors (Lipinski definition) is 0. The van der Waals surface area contributed by atoms with Gasteiger partial charge >= 0.3 is 0 Å². The SMILES string of the molecule is CCOc1cnc(-c2noc(C3CCN(C(=O)CCC(=O)c4ccccc4)CC3)n2)nc1OC. The fourth-order valence-corrected chi connectivity index (χ4v) is 3.88. The van der Waals surface area contributed by atoms with Gasteiger partial charge in [0.2, 0.25) is 23.4 Å². The van der Waals surface area contributed by atoms with Gasteiger partial charge in [-0.25, -0.2) is 4.98 Å². The number of nitrogens with zero attached hydrogens (tertiary/aromatic N) is 5. The summed E-state index contributed by atoms with van der Waals surface area (Å²) in [5.74, 6) is 1.81. The maximum absolute atomic E-state index is 12.6. The Kier molecular flexibility index (Phi) is 7.46. The second kappa shape index (κ2) is 10.9. The van der Waals surface area contributed by atoms with Crippen LogP contribution < -0.4 is 9.47 Å². The van der Waals surface area contributed by atoms with E-state index >= 15 is 0 Å². The van der Waals surface area contributed by atoms with Crippen LogP contribution in [0, 0.1) is 0 Å². The van der Waals surface area contributed by atoms with Crippen molar-refractivity contribution < 1.29 is 23.6 Å². The molecule has 1 aromatic carbocycles. The monoisotopic (exact) mass is 465 g/mol. The molecule has 0 radical (unpaired) electrons. The summed E-state index contributed by atoms with van der Waals surface area (Å²) in [4.78, 5) is 39.7. The lowest BCUT2D eigenvalue weighted by atomic mass is 9.96. The summed E-state index contributed by atoms with van der Waals surface area (Å²) in [6.45, 7) is 3.49. The van der Waals surface area contributed by atoms with E-state index in [1.807, 2.05) is 25.1 Å². The molecule has 4 rings (SSSR count). The first-order valence-corrected chi connectivity index (χ1v) is 11.3. The number of methoxy groups -OCH3 is 1. The van der Waals surface area contributed by atoms with E-state index in [4.69, 9.17) is 14.0 Å². The van der Waals surface area contributed by atoms with Gasteiger partial charge in [0.25, 0.3) is 5.88 Å². The summed E-state index contributed by atoms with van der Waals surface area (Å²) < 4.78 is 16.2. The molecule has 0 saturated carbocycles. The van der Waals surface area contributed by atoms with E-state index in [-0.39, 0.29) is 42.1 Å². The molecule has 10 nitrogen and oxygen atoms in total. The molecule has 0 atom stereocenters. The molecule has 1 aliphatic rings. The number of benzene rings is 1. The van der Waals surface area contributed by atoms with E-state index in [1.54, 1.807) is 17.0 Å². The van der Waals surface area contributed by atoms with Crippen molar-refractivity contribution >= 4 is 11.7 Å². The summed E-state index contributed by atoms with van der Waals surface area (Å²) in [6, 6.07) is 9.04. The van der Waals surface area contributed by atoms with Crippen molar-refractivity contribution in [3.63, 3.8) is 0 Å². The van der Waals surface area contributed by atoms with Crippen LogP contribution in [0.1, 0.15) is 54.8 Å². The number of Topliss-reactive ketones (excluding diaryl/α,β-unsaturated/α-hetero) is 1. The first-order chi connectivity index (χ1) is 16.6. The van der Waals surface area contributed by atoms with Crippen molar-refractivity contribution in [2.75, 3.05) is 26.8 Å². The Labute approximate surface area is 197 Å². The Morgan fingerprint density at radius 1 is 1.09 bits per heavy atom. The molecule has 178 valence electrons. The summed E-state index contributed by atoms with van der Waals surface area (Å²) in [5.41, 5.74) is 0.635. The summed E-state index contributed by atoms with van der Waals surface area (Å²) >= 11 is 0. The Balaban J connectivity index is 1.31. The maximum Gasteiger partial charge on any atom is 0.260 e. The van der Waals surface area contributed by atoms with E-state index in [2.05, 4.69) is 20.1 Å². The maximum atomic E-state index is 12.6. The number of carbonyl (C=O) groups is 2. The van der Waals surface area contributed by atoms with Crippen molar-refractivity contribution in [2.45, 2.75) is 38.5 Å². The van der Waals surface area contributed by atoms with Gasteiger partial charge in [-0.15, -0.1) is 0 Å². The minimum absolute atomic E-state index is 0.0103. The number of rotatable bonds is 9. The molecule has 10 heteroatoms. The van der Waals surface area contributed by atoms with Crippen molar-refractivity contribution in [1.82, 2.24) is 25.0 Å². The normalized spacial score (nSPS) is 14.1. The van der Waals surface area contributed by atoms with Crippen molar-refractivity contribution in [3.05, 3.63) is 48.0 Å². The molecular weight excluding hydrogens is 438 g/mol. The molecular formula is C24H27N5O5. The highest BCUT2D eigenvalue weighted by molar-refractivity contribution is 5.97. The molecule has 0 unspecified atom stereocenters. The van der Waals surface area contributed by atoms with Gasteiger partial charge in [0.1, 0.15) is 0 Å². The summed E-state index contributed by atoms with van der Waals surface area (Å²) in [7, 11) is 1.50. The van der Waals surface area contributed by atoms with Crippen LogP contribution >= 0.6 is 0 Å². The third-order valence-corrected chi connectivity index (χ3v) is 5.72. The molecule has 1 fully saturated rings. The van der Waals surface area contributed by atoms with Crippen molar-refractivity contribution in [3.8, 4) is 23.3 Å². The lowest BCUT2D eigenvalue weighted by Crippen LogP contribution is -2.38. The van der Waals surface area contributed by atoms with Crippen LogP contribution in [0.25, 0.3) is 11.6 Å². The first kappa shape index (κ1) is 23.3. The van der Waals surface area contributed by atoms with Gasteiger partial charge in [0.05, 0.1) is 19.9 Å². The minimum Gasteiger partial charge on any atom is -0.487 e. The fourth-order valence-electron chi connectivity index (χ4n) is 3.88. The number of ketones is 1. The number of likely N-dealkylation sites (tertiary alicyclic amines) is 1. The number of hydrogen-bond acceptors (Lipinski definition) is 9. The first-order valence-electron chi connectivity index (χ1n) is 11.3. The predicted octanol–water partition coefficient (Wildman–Crippen LogP) is 3.30. The predicted molar refractivity (Wildman–Crippen MR) is 122 cm³/mol. The zero-order valence-corrected chi connectivity index (χ0v) is 19.3. The number of amides is 1. The van der Waals surface area contributed by atoms with E-state index in [1.165, 1.54) is 13.3 Å². The average Bonchev–Trinajstić information content (AvgIpc) is 3.38. The molecule has 1 saturated heterocycles. The molecule has 2 aromatic heterocycles. The second-order valence-electron chi connectivity index (χ2n) is 7.90. The van der Waals surface area contributed by atoms with Gasteiger partial charge < -0.3 is 18.9 Å². The Bertz CT molecular complexity index is 1130. The molecule has 1 aliphatic heterocycles. The standard InChI is InChI=1S/C24H27N5O5/c1-3-33-19-15-25-21(26-24(19)32-2)22-27-23(34-28-22)17-11-13-29(14-12-17)20(31)10-9-18(30)16-7-5-4-6-8-16/h4-8,15,17H,3,9-14H2,1-2H3. The van der Waals surface area contributed by atoms with E-state index in [0.29, 0.717) is 55.6 Å². The highest BCUT2D eigenvalue weighted by atomic mass is 16.5. The minimum atomic E-state index is -0.0182. The smallest absolute Gasteiger partial charge is 0.260 e. The Hall–Kier alpha value is -3.82. The lowest BCUT2D eigenvalue weighted by Gasteiger charge is -2.30. The third-order valence-electron chi connectivity index (χ3n) is 5.72. The second-order valence-corrected chi connectivity index (χ2v) is 7.90. The van der Waals surface area contributed by atoms with Gasteiger partial charge in [-0.2, -0.15) is 9.97 Å². The average molecular weight is 466 g/mol. The van der Waals surface area contributed by atoms with Crippen LogP contribution in [-0.2, 0) is 4.79 Å². The van der Waals surface area contributed by atoms with Crippen LogP contribution in [0.2, 0.25) is 0 Å². The van der Waals surface area contributed by atoms with Gasteiger partial charge in [0, 0.05) is 37.4 Å². The third kappa shape index (κ3) is 5.38. The molecule has 0 N–H and O–H groups in total. The van der Waals surface area contributed by atoms with Crippen LogP contribution in [0.15, 0.2) is 41.1 Å². The number of piperidine rings is 1. The largest absolute Gasteiger partial charge is 0.487 e. The van der Waals surface area contributed by atoms with Crippen molar-refractivity contribution in [2.24, 2.45) is 0 Å². The summed E-state index contributed by atoms with van der Waals surface area (Å²) in [5, 5.41) is 4.02. The molecule has 3 heterocycles. The zero-order valence-electron chi connectivity index (χ0n) is 19.3. The Morgan fingerprint density at radius 3 is 2.56 bits per heavy atom. The number of aromatic nitrogens is 4. The van der Waals surface area contributed by atoms with Crippen molar-refractivity contribution in [1.29, 1.82) is 0 Å². The van der Waals surface area contributed by atoms with E-state index < -0.39 is 0 Å². The quantitative estimate of drug-likeness (QED) is 0.438. The Morgan fingerprint density at radius 2 is 1.85 bits per heavy atom. The van der Waals surface area contributed by atoms with Crippen LogP contribution in [0.5, 0.6) is 11.6 Å². The number of carbonyl (C=O) groups excluding carboxylic acids is 2. The fraction of sp³-hybridized carbons (Fsp3) is 0.417. The molecule has 0 aliphatic carbocycles. The van der Waals surface area contributed by atoms with Crippen LogP contribution in [0.4, 0.5) is 0 Å². The van der Waals surface area contributed by atoms with Gasteiger partial charge in [-0.3, -0.25) is 9.59 Å². The van der Waals surface area contributed by atoms with Crippen LogP contribution in [-0.4, -0.2) is 63.5 Å². The van der Waals surface area contributed by atoms with E-state index in [0.717, 1.165) is 0 Å². The van der Waals surface area contributed by atoms with E-state index in [9.17, 15) is 9.59 Å². The highest BCUT2D eigenvalue weighted by Gasteiger charge is 2.28. The molecule has 0 bridgehead atoms. The van der Waals surface area contributed by atoms with Crippen LogP contribution in [0.3, 0.4) is 0 Å². The summed E-state index contributed by atoms with van der Waals surface area (Å²) in [6.07, 6.45) is 3.34. The molecule has 0 spiro atoms. The zero-order chi connectivity index (χ0) is 23.9. The molecule has 3 aromatic rings. The highest BCUT2D eigenvalue weighted by Crippen LogP contribution is 2.30. The van der Waals surface area contributed by atoms with Gasteiger partial charge in [0.15, 0.2) is 11.5 Å². The van der Waals surface area contributed by atoms with Gasteiger partial charge in [-0.1, -0.05) is 35.5 Å². The lowest BCUT2D eigenvalue weighted by molar-refractivity contribution is -0.132. The molecule has 34 heavy (non-hydrogen) atoms. The number of ether oxygens (including phenoxy) is 2. The molecule has 1 amide bonds. The topological polar surface area (TPSA) is 121 Å².